The summed E-state index contributed by atoms with van der Waals surface area (Å²) >= 11 is 0. The van der Waals surface area contributed by atoms with Gasteiger partial charge in [-0.25, -0.2) is 9.18 Å². The summed E-state index contributed by atoms with van der Waals surface area (Å²) in [6.07, 6.45) is 6.85. The van der Waals surface area contributed by atoms with Crippen molar-refractivity contribution in [3.8, 4) is 6.07 Å². The zero-order valence-electron chi connectivity index (χ0n) is 17.0. The fourth-order valence-corrected chi connectivity index (χ4v) is 5.10. The lowest BCUT2D eigenvalue weighted by Crippen LogP contribution is -2.65. The molecule has 160 valence electrons. The summed E-state index contributed by atoms with van der Waals surface area (Å²) in [5, 5.41) is 18.9. The van der Waals surface area contributed by atoms with E-state index in [0.717, 1.165) is 64.5 Å². The topological polar surface area (TPSA) is 97.3 Å². The number of likely N-dealkylation sites (tertiary alicyclic amines) is 1. The molecule has 4 aliphatic rings. The normalized spacial score (nSPS) is 28.6. The van der Waals surface area contributed by atoms with Crippen LogP contribution in [0.1, 0.15) is 51.4 Å². The van der Waals surface area contributed by atoms with Crippen LogP contribution in [-0.2, 0) is 4.79 Å². The molecule has 5 rings (SSSR count). The van der Waals surface area contributed by atoms with E-state index in [1.54, 1.807) is 4.90 Å². The second-order valence-corrected chi connectivity index (χ2v) is 8.89. The number of nitriles is 1. The molecule has 1 aliphatic heterocycles. The minimum absolute atomic E-state index is 0.108. The summed E-state index contributed by atoms with van der Waals surface area (Å²) in [4.78, 5) is 26.9. The molecule has 8 heteroatoms. The largest absolute Gasteiger partial charge is 0.340 e. The van der Waals surface area contributed by atoms with E-state index in [-0.39, 0.29) is 28.8 Å². The molecule has 3 amide bonds. The highest BCUT2D eigenvalue weighted by molar-refractivity contribution is 5.89. The molecule has 1 aromatic carbocycles. The number of urea groups is 1. The van der Waals surface area contributed by atoms with Gasteiger partial charge in [0, 0.05) is 29.9 Å². The highest BCUT2D eigenvalue weighted by atomic mass is 19.1. The molecule has 1 saturated heterocycles. The number of benzene rings is 1. The van der Waals surface area contributed by atoms with Gasteiger partial charge in [0.2, 0.25) is 0 Å². The molecule has 3 N–H and O–H groups in total. The molecule has 0 unspecified atom stereocenters. The predicted molar refractivity (Wildman–Crippen MR) is 110 cm³/mol. The minimum Gasteiger partial charge on any atom is -0.340 e. The highest BCUT2D eigenvalue weighted by Gasteiger charge is 2.50. The van der Waals surface area contributed by atoms with Crippen molar-refractivity contribution in [3.63, 3.8) is 0 Å². The number of hydrogen-bond donors (Lipinski definition) is 3. The first-order valence-electron chi connectivity index (χ1n) is 10.7. The third kappa shape index (κ3) is 4.26. The fourth-order valence-electron chi connectivity index (χ4n) is 5.10. The first-order valence-corrected chi connectivity index (χ1v) is 10.7. The molecule has 4 fully saturated rings. The molecular weight excluding hydrogens is 385 g/mol. The summed E-state index contributed by atoms with van der Waals surface area (Å²) in [6, 6.07) is 6.76. The van der Waals surface area contributed by atoms with Gasteiger partial charge in [-0.2, -0.15) is 5.26 Å². The number of anilines is 1. The van der Waals surface area contributed by atoms with Gasteiger partial charge in [0.15, 0.2) is 6.04 Å². The van der Waals surface area contributed by atoms with Gasteiger partial charge >= 0.3 is 6.03 Å². The molecular formula is C22H28FN5O2. The van der Waals surface area contributed by atoms with Gasteiger partial charge in [-0.15, -0.1) is 0 Å². The van der Waals surface area contributed by atoms with Crippen molar-refractivity contribution >= 4 is 17.6 Å². The van der Waals surface area contributed by atoms with E-state index < -0.39 is 6.04 Å². The molecule has 0 aromatic heterocycles. The average molecular weight is 413 g/mol. The van der Waals surface area contributed by atoms with Gasteiger partial charge in [-0.1, -0.05) is 0 Å². The maximum absolute atomic E-state index is 13.0. The van der Waals surface area contributed by atoms with Crippen LogP contribution in [0.5, 0.6) is 0 Å². The van der Waals surface area contributed by atoms with Crippen LogP contribution >= 0.6 is 0 Å². The van der Waals surface area contributed by atoms with Crippen molar-refractivity contribution in [1.29, 1.82) is 5.26 Å². The van der Waals surface area contributed by atoms with Gasteiger partial charge in [0.1, 0.15) is 5.82 Å². The number of amides is 3. The monoisotopic (exact) mass is 413 g/mol. The molecule has 2 bridgehead atoms. The summed E-state index contributed by atoms with van der Waals surface area (Å²) in [5.74, 6) is -0.453. The molecule has 3 aliphatic carbocycles. The quantitative estimate of drug-likeness (QED) is 0.691. The van der Waals surface area contributed by atoms with Crippen LogP contribution < -0.4 is 16.0 Å². The van der Waals surface area contributed by atoms with Gasteiger partial charge in [0.05, 0.1) is 6.07 Å². The Balaban J connectivity index is 1.33. The number of halogens is 1. The smallest absolute Gasteiger partial charge is 0.319 e. The number of rotatable bonds is 5. The molecule has 1 atom stereocenters. The molecule has 1 aromatic rings. The lowest BCUT2D eigenvalue weighted by Gasteiger charge is -2.54. The van der Waals surface area contributed by atoms with Crippen molar-refractivity contribution in [3.05, 3.63) is 30.1 Å². The SMILES string of the molecule is N#C[C@H](NC12CCC(NC(=O)Nc3ccc(F)cc3)(CC1)CC2)C(=O)N1CCCC1. The Labute approximate surface area is 176 Å². The lowest BCUT2D eigenvalue weighted by atomic mass is 9.61. The van der Waals surface area contributed by atoms with Crippen molar-refractivity contribution in [2.45, 2.75) is 68.5 Å². The van der Waals surface area contributed by atoms with E-state index in [9.17, 15) is 19.2 Å². The van der Waals surface area contributed by atoms with Crippen molar-refractivity contribution in [1.82, 2.24) is 15.5 Å². The molecule has 30 heavy (non-hydrogen) atoms. The first kappa shape index (κ1) is 20.6. The van der Waals surface area contributed by atoms with Crippen LogP contribution in [0.3, 0.4) is 0 Å². The first-order chi connectivity index (χ1) is 14.4. The molecule has 0 spiro atoms. The van der Waals surface area contributed by atoms with Crippen molar-refractivity contribution in [2.75, 3.05) is 18.4 Å². The Morgan fingerprint density at radius 2 is 1.57 bits per heavy atom. The summed E-state index contributed by atoms with van der Waals surface area (Å²) in [5.41, 5.74) is 0.0617. The Kier molecular flexibility index (Phi) is 5.65. The number of hydrogen-bond acceptors (Lipinski definition) is 4. The Morgan fingerprint density at radius 3 is 2.13 bits per heavy atom. The van der Waals surface area contributed by atoms with Crippen LogP contribution in [0.2, 0.25) is 0 Å². The number of nitrogens with one attached hydrogen (secondary N) is 3. The van der Waals surface area contributed by atoms with E-state index >= 15 is 0 Å². The standard InChI is InChI=1S/C22H28FN5O2/c23-16-3-5-17(6-4-16)25-20(30)27-22-10-7-21(8-11-22,9-12-22)26-18(15-24)19(29)28-13-1-2-14-28/h3-6,18,26H,1-2,7-14H2,(H2,25,27,30)/t18-,21?,22?/m0/s1. The zero-order chi connectivity index (χ0) is 21.2. The second kappa shape index (κ2) is 8.23. The third-order valence-electron chi connectivity index (χ3n) is 6.97. The second-order valence-electron chi connectivity index (χ2n) is 8.89. The van der Waals surface area contributed by atoms with E-state index in [1.807, 2.05) is 0 Å². The van der Waals surface area contributed by atoms with Crippen LogP contribution in [-0.4, -0.2) is 47.0 Å². The summed E-state index contributed by atoms with van der Waals surface area (Å²) < 4.78 is 13.0. The third-order valence-corrected chi connectivity index (χ3v) is 6.97. The molecule has 0 radical (unpaired) electrons. The zero-order valence-corrected chi connectivity index (χ0v) is 17.0. The van der Waals surface area contributed by atoms with Crippen LogP contribution in [0.15, 0.2) is 24.3 Å². The van der Waals surface area contributed by atoms with Crippen LogP contribution in [0, 0.1) is 17.1 Å². The number of carbonyl (C=O) groups is 2. The number of carbonyl (C=O) groups excluding carboxylic acids is 2. The van der Waals surface area contributed by atoms with Gasteiger partial charge < -0.3 is 15.5 Å². The number of nitrogens with zero attached hydrogens (tertiary/aromatic N) is 2. The van der Waals surface area contributed by atoms with E-state index in [1.165, 1.54) is 24.3 Å². The number of fused-ring (bicyclic) bond motifs is 3. The fraction of sp³-hybridized carbons (Fsp3) is 0.591. The Hall–Kier alpha value is -2.66. The van der Waals surface area contributed by atoms with Crippen LogP contribution in [0.4, 0.5) is 14.9 Å². The summed E-state index contributed by atoms with van der Waals surface area (Å²) in [7, 11) is 0. The summed E-state index contributed by atoms with van der Waals surface area (Å²) in [6.45, 7) is 1.48. The van der Waals surface area contributed by atoms with Gasteiger partial charge in [-0.05, 0) is 75.6 Å². The van der Waals surface area contributed by atoms with Crippen molar-refractivity contribution < 1.29 is 14.0 Å². The maximum Gasteiger partial charge on any atom is 0.319 e. The molecule has 7 nitrogen and oxygen atoms in total. The maximum atomic E-state index is 13.0. The Bertz CT molecular complexity index is 820. The van der Waals surface area contributed by atoms with Gasteiger partial charge in [-0.3, -0.25) is 10.1 Å². The minimum atomic E-state index is -0.802. The highest BCUT2D eigenvalue weighted by Crippen LogP contribution is 2.47. The van der Waals surface area contributed by atoms with Gasteiger partial charge in [0.25, 0.3) is 5.91 Å². The lowest BCUT2D eigenvalue weighted by molar-refractivity contribution is -0.131. The molecule has 3 saturated carbocycles. The van der Waals surface area contributed by atoms with E-state index in [4.69, 9.17) is 0 Å². The van der Waals surface area contributed by atoms with E-state index in [0.29, 0.717) is 5.69 Å². The van der Waals surface area contributed by atoms with E-state index in [2.05, 4.69) is 22.0 Å². The van der Waals surface area contributed by atoms with Crippen molar-refractivity contribution in [2.24, 2.45) is 0 Å². The Morgan fingerprint density at radius 1 is 1.00 bits per heavy atom. The van der Waals surface area contributed by atoms with Crippen LogP contribution in [0.25, 0.3) is 0 Å². The predicted octanol–water partition coefficient (Wildman–Crippen LogP) is 2.90. The molecule has 1 heterocycles. The average Bonchev–Trinajstić information content (AvgIpc) is 3.29.